The lowest BCUT2D eigenvalue weighted by atomic mass is 9.90. The summed E-state index contributed by atoms with van der Waals surface area (Å²) in [6.07, 6.45) is -0.772. The zero-order valence-corrected chi connectivity index (χ0v) is 20.0. The maximum atomic E-state index is 14.4. The van der Waals surface area contributed by atoms with Crippen LogP contribution in [-0.2, 0) is 4.84 Å². The van der Waals surface area contributed by atoms with Gasteiger partial charge >= 0.3 is 0 Å². The summed E-state index contributed by atoms with van der Waals surface area (Å²) < 4.78 is 14.4. The highest BCUT2D eigenvalue weighted by Gasteiger charge is 2.43. The third-order valence-corrected chi connectivity index (χ3v) is 6.39. The van der Waals surface area contributed by atoms with Gasteiger partial charge in [0, 0.05) is 35.5 Å². The molecule has 0 radical (unpaired) electrons. The van der Waals surface area contributed by atoms with Crippen molar-refractivity contribution < 1.29 is 9.23 Å². The number of nitrogens with zero attached hydrogens (tertiary/aromatic N) is 3. The second-order valence-electron chi connectivity index (χ2n) is 8.17. The van der Waals surface area contributed by atoms with Crippen molar-refractivity contribution in [1.82, 2.24) is 0 Å². The molecule has 3 atom stereocenters. The summed E-state index contributed by atoms with van der Waals surface area (Å²) >= 11 is 0. The Labute approximate surface area is 196 Å². The smallest absolute Gasteiger partial charge is 0.211 e. The number of anilines is 3. The Morgan fingerprint density at radius 3 is 2.33 bits per heavy atom. The zero-order chi connectivity index (χ0) is 23.5. The van der Waals surface area contributed by atoms with Crippen molar-refractivity contribution in [3.8, 4) is 11.1 Å². The number of para-hydroxylation sites is 2. The summed E-state index contributed by atoms with van der Waals surface area (Å²) in [5.41, 5.74) is 6.41. The van der Waals surface area contributed by atoms with Crippen LogP contribution in [0.5, 0.6) is 0 Å². The Morgan fingerprint density at radius 2 is 1.64 bits per heavy atom. The molecule has 5 heteroatoms. The Balaban J connectivity index is 0.00000126. The topological polar surface area (TPSA) is 28.1 Å². The Hall–Kier alpha value is -3.34. The van der Waals surface area contributed by atoms with Crippen molar-refractivity contribution in [3.63, 3.8) is 0 Å². The zero-order valence-electron chi connectivity index (χ0n) is 20.0. The van der Waals surface area contributed by atoms with Gasteiger partial charge in [0.15, 0.2) is 5.84 Å². The van der Waals surface area contributed by atoms with Crippen LogP contribution in [0.4, 0.5) is 21.5 Å². The third kappa shape index (κ3) is 3.97. The largest absolute Gasteiger partial charge is 0.368 e. The van der Waals surface area contributed by atoms with E-state index in [9.17, 15) is 4.39 Å². The van der Waals surface area contributed by atoms with Crippen LogP contribution in [0.15, 0.2) is 78.0 Å². The third-order valence-electron chi connectivity index (χ3n) is 6.39. The Kier molecular flexibility index (Phi) is 6.68. The molecule has 3 aromatic carbocycles. The molecule has 0 spiro atoms. The van der Waals surface area contributed by atoms with Crippen LogP contribution in [0, 0.1) is 5.92 Å². The summed E-state index contributed by atoms with van der Waals surface area (Å²) in [7, 11) is 2.05. The summed E-state index contributed by atoms with van der Waals surface area (Å²) in [5.74, 6) is 0.479. The first-order valence-corrected chi connectivity index (χ1v) is 11.8. The van der Waals surface area contributed by atoms with Gasteiger partial charge in [-0.05, 0) is 49.2 Å². The predicted octanol–water partition coefficient (Wildman–Crippen LogP) is 7.37. The number of benzene rings is 3. The molecule has 5 rings (SSSR count). The van der Waals surface area contributed by atoms with Gasteiger partial charge < -0.3 is 9.74 Å². The number of rotatable bonds is 5. The highest BCUT2D eigenvalue weighted by atomic mass is 19.1. The molecule has 3 unspecified atom stereocenters. The molecule has 0 saturated heterocycles. The second kappa shape index (κ2) is 9.65. The van der Waals surface area contributed by atoms with Crippen LogP contribution in [0.2, 0.25) is 0 Å². The first-order chi connectivity index (χ1) is 16.1. The highest BCUT2D eigenvalue weighted by Crippen LogP contribution is 2.45. The van der Waals surface area contributed by atoms with E-state index in [1.807, 2.05) is 51.1 Å². The minimum atomic E-state index is -0.992. The molecule has 33 heavy (non-hydrogen) atoms. The summed E-state index contributed by atoms with van der Waals surface area (Å²) in [6, 6.07) is 24.9. The quantitative estimate of drug-likeness (QED) is 0.410. The fourth-order valence-electron chi connectivity index (χ4n) is 4.64. The summed E-state index contributed by atoms with van der Waals surface area (Å²) in [4.78, 5) is 10.1. The summed E-state index contributed by atoms with van der Waals surface area (Å²) in [5, 5.41) is 4.46. The van der Waals surface area contributed by atoms with Crippen LogP contribution < -0.4 is 9.80 Å². The molecule has 0 bridgehead atoms. The number of hydrogen-bond acceptors (Lipinski definition) is 4. The van der Waals surface area contributed by atoms with Gasteiger partial charge in [-0.3, -0.25) is 4.90 Å². The van der Waals surface area contributed by atoms with Crippen LogP contribution in [-0.4, -0.2) is 25.3 Å². The highest BCUT2D eigenvalue weighted by molar-refractivity contribution is 6.20. The number of oxime groups is 1. The van der Waals surface area contributed by atoms with E-state index in [1.54, 1.807) is 6.92 Å². The molecule has 0 aromatic heterocycles. The normalized spacial score (nSPS) is 17.3. The lowest BCUT2D eigenvalue weighted by Crippen LogP contribution is -2.45. The summed E-state index contributed by atoms with van der Waals surface area (Å²) in [6.45, 7) is 7.60. The van der Waals surface area contributed by atoms with Crippen LogP contribution in [0.1, 0.15) is 39.7 Å². The van der Waals surface area contributed by atoms with Crippen LogP contribution >= 0.6 is 0 Å². The van der Waals surface area contributed by atoms with Crippen LogP contribution in [0.3, 0.4) is 0 Å². The number of alkyl halides is 1. The average Bonchev–Trinajstić information content (AvgIpc) is 3.30. The molecular formula is C28H32FN3O. The molecule has 2 aliphatic heterocycles. The van der Waals surface area contributed by atoms with Gasteiger partial charge in [0.2, 0.25) is 6.23 Å². The number of amidine groups is 1. The SMILES string of the molecule is CC.CCC(C(C)F)C1ON=C2c3cc(N(C)c4ccccc4)ccc3-c3ccccc3N21. The number of halogens is 1. The molecule has 2 aliphatic rings. The van der Waals surface area contributed by atoms with Crippen molar-refractivity contribution >= 4 is 22.9 Å². The monoisotopic (exact) mass is 445 g/mol. The molecule has 3 aromatic rings. The lowest BCUT2D eigenvalue weighted by molar-refractivity contribution is 0.0119. The van der Waals surface area contributed by atoms with E-state index in [0.717, 1.165) is 39.6 Å². The van der Waals surface area contributed by atoms with Gasteiger partial charge in [-0.15, -0.1) is 0 Å². The van der Waals surface area contributed by atoms with Crippen LogP contribution in [0.25, 0.3) is 11.1 Å². The minimum absolute atomic E-state index is 0.272. The molecule has 0 amide bonds. The van der Waals surface area contributed by atoms with Gasteiger partial charge in [-0.2, -0.15) is 0 Å². The minimum Gasteiger partial charge on any atom is -0.368 e. The van der Waals surface area contributed by atoms with Gasteiger partial charge in [0.25, 0.3) is 0 Å². The molecular weight excluding hydrogens is 413 g/mol. The molecule has 0 fully saturated rings. The molecule has 4 nitrogen and oxygen atoms in total. The molecule has 0 N–H and O–H groups in total. The van der Waals surface area contributed by atoms with Crippen molar-refractivity contribution in [2.24, 2.45) is 11.1 Å². The number of hydrogen-bond donors (Lipinski definition) is 0. The van der Waals surface area contributed by atoms with E-state index < -0.39 is 12.4 Å². The maximum absolute atomic E-state index is 14.4. The number of fused-ring (bicyclic) bond motifs is 6. The van der Waals surface area contributed by atoms with Crippen molar-refractivity contribution in [3.05, 3.63) is 78.4 Å². The van der Waals surface area contributed by atoms with E-state index >= 15 is 0 Å². The molecule has 0 saturated carbocycles. The molecule has 172 valence electrons. The fraction of sp³-hybridized carbons (Fsp3) is 0.321. The first kappa shape index (κ1) is 22.8. The first-order valence-electron chi connectivity index (χ1n) is 11.8. The van der Waals surface area contributed by atoms with E-state index in [2.05, 4.69) is 64.5 Å². The molecule has 0 aliphatic carbocycles. The predicted molar refractivity (Wildman–Crippen MR) is 136 cm³/mol. The molecule has 2 heterocycles. The standard InChI is InChI=1S/C26H26FN3O.C2H6/c1-4-20(17(2)27)26-30-24-13-9-8-12-22(24)21-15-14-19(16-23(21)25(30)28-31-26)29(3)18-10-6-5-7-11-18;1-2/h5-17,20,26H,4H2,1-3H3;1-2H3. The fourth-order valence-corrected chi connectivity index (χ4v) is 4.64. The average molecular weight is 446 g/mol. The second-order valence-corrected chi connectivity index (χ2v) is 8.17. The Morgan fingerprint density at radius 1 is 0.939 bits per heavy atom. The van der Waals surface area contributed by atoms with E-state index in [-0.39, 0.29) is 5.92 Å². The van der Waals surface area contributed by atoms with Gasteiger partial charge in [0.1, 0.15) is 6.17 Å². The van der Waals surface area contributed by atoms with Gasteiger partial charge in [0.05, 0.1) is 5.69 Å². The van der Waals surface area contributed by atoms with Gasteiger partial charge in [-0.25, -0.2) is 4.39 Å². The van der Waals surface area contributed by atoms with Crippen molar-refractivity contribution in [1.29, 1.82) is 0 Å². The van der Waals surface area contributed by atoms with E-state index in [0.29, 0.717) is 6.42 Å². The van der Waals surface area contributed by atoms with E-state index in [1.165, 1.54) is 0 Å². The maximum Gasteiger partial charge on any atom is 0.211 e. The van der Waals surface area contributed by atoms with E-state index in [4.69, 9.17) is 4.84 Å². The Bertz CT molecular complexity index is 1130. The lowest BCUT2D eigenvalue weighted by Gasteiger charge is -2.36. The van der Waals surface area contributed by atoms with Crippen molar-refractivity contribution in [2.45, 2.75) is 46.5 Å². The van der Waals surface area contributed by atoms with Crippen molar-refractivity contribution in [2.75, 3.05) is 16.8 Å². The van der Waals surface area contributed by atoms with Gasteiger partial charge in [-0.1, -0.05) is 68.4 Å².